The lowest BCUT2D eigenvalue weighted by Crippen LogP contribution is -2.31. The van der Waals surface area contributed by atoms with Gasteiger partial charge in [-0.1, -0.05) is 35.9 Å². The van der Waals surface area contributed by atoms with Gasteiger partial charge in [0, 0.05) is 0 Å². The van der Waals surface area contributed by atoms with Crippen molar-refractivity contribution >= 4 is 17.7 Å². The highest BCUT2D eigenvalue weighted by atomic mass is 32.2. The number of benzene rings is 1. The second-order valence-electron chi connectivity index (χ2n) is 4.45. The van der Waals surface area contributed by atoms with Gasteiger partial charge in [-0.15, -0.1) is 16.6 Å². The molecule has 1 unspecified atom stereocenters. The number of hydrogen-bond donors (Lipinski definition) is 1. The number of amides is 1. The van der Waals surface area contributed by atoms with E-state index in [-0.39, 0.29) is 17.7 Å². The summed E-state index contributed by atoms with van der Waals surface area (Å²) < 4.78 is 1.88. The van der Waals surface area contributed by atoms with Crippen LogP contribution < -0.4 is 5.32 Å². The highest BCUT2D eigenvalue weighted by Crippen LogP contribution is 2.25. The summed E-state index contributed by atoms with van der Waals surface area (Å²) in [6.45, 7) is 4.06. The van der Waals surface area contributed by atoms with Gasteiger partial charge in [0.15, 0.2) is 5.16 Å². The Balaban J connectivity index is 2.17. The maximum absolute atomic E-state index is 11.9. The molecule has 1 atom stereocenters. The number of nitrogens with zero attached hydrogens (tertiary/aromatic N) is 3. The van der Waals surface area contributed by atoms with Crippen LogP contribution in [0.15, 0.2) is 35.7 Å². The van der Waals surface area contributed by atoms with E-state index in [9.17, 15) is 4.79 Å². The number of thioether (sulfide) groups is 1. The molecule has 0 aliphatic rings. The Morgan fingerprint density at radius 2 is 2.29 bits per heavy atom. The van der Waals surface area contributed by atoms with Crippen molar-refractivity contribution in [3.05, 3.63) is 36.2 Å². The number of hydrogen-bond acceptors (Lipinski definition) is 4. The van der Waals surface area contributed by atoms with Gasteiger partial charge in [-0.3, -0.25) is 9.36 Å². The minimum Gasteiger partial charge on any atom is -0.344 e. The molecule has 1 N–H and O–H groups in total. The third-order valence-corrected chi connectivity index (χ3v) is 3.96. The molecule has 1 amide bonds. The molecule has 1 heterocycles. The lowest BCUT2D eigenvalue weighted by Gasteiger charge is -2.12. The molecule has 0 saturated heterocycles. The Morgan fingerprint density at radius 3 is 3.00 bits per heavy atom. The SMILES string of the molecule is C#CCNC(=O)C(C)Sc1nncn1-c1ccccc1C. The zero-order valence-corrected chi connectivity index (χ0v) is 12.7. The number of rotatable bonds is 5. The first-order valence-corrected chi connectivity index (χ1v) is 7.35. The summed E-state index contributed by atoms with van der Waals surface area (Å²) in [6.07, 6.45) is 6.78. The third kappa shape index (κ3) is 3.64. The summed E-state index contributed by atoms with van der Waals surface area (Å²) in [7, 11) is 0. The molecule has 0 radical (unpaired) electrons. The highest BCUT2D eigenvalue weighted by Gasteiger charge is 2.18. The summed E-state index contributed by atoms with van der Waals surface area (Å²) >= 11 is 1.35. The maximum Gasteiger partial charge on any atom is 0.234 e. The van der Waals surface area contributed by atoms with Crippen molar-refractivity contribution in [2.45, 2.75) is 24.3 Å². The molecule has 2 rings (SSSR count). The zero-order chi connectivity index (χ0) is 15.2. The van der Waals surface area contributed by atoms with Gasteiger partial charge >= 0.3 is 0 Å². The first-order chi connectivity index (χ1) is 10.1. The van der Waals surface area contributed by atoms with E-state index in [0.29, 0.717) is 5.16 Å². The van der Waals surface area contributed by atoms with Crippen molar-refractivity contribution < 1.29 is 4.79 Å². The normalized spacial score (nSPS) is 11.7. The fourth-order valence-corrected chi connectivity index (χ4v) is 2.66. The van der Waals surface area contributed by atoms with Crippen LogP contribution in [-0.4, -0.2) is 32.5 Å². The van der Waals surface area contributed by atoms with E-state index >= 15 is 0 Å². The highest BCUT2D eigenvalue weighted by molar-refractivity contribution is 8.00. The summed E-state index contributed by atoms with van der Waals surface area (Å²) in [5, 5.41) is 11.1. The minimum absolute atomic E-state index is 0.114. The fraction of sp³-hybridized carbons (Fsp3) is 0.267. The van der Waals surface area contributed by atoms with Gasteiger partial charge < -0.3 is 5.32 Å². The van der Waals surface area contributed by atoms with E-state index in [1.807, 2.05) is 42.7 Å². The third-order valence-electron chi connectivity index (χ3n) is 2.91. The molecule has 1 aromatic heterocycles. The molecule has 21 heavy (non-hydrogen) atoms. The Labute approximate surface area is 128 Å². The molecule has 1 aromatic carbocycles. The van der Waals surface area contributed by atoms with Crippen LogP contribution in [0.5, 0.6) is 0 Å². The first kappa shape index (κ1) is 15.1. The van der Waals surface area contributed by atoms with E-state index < -0.39 is 0 Å². The second kappa shape index (κ2) is 6.95. The average molecular weight is 300 g/mol. The summed E-state index contributed by atoms with van der Waals surface area (Å²) in [5.74, 6) is 2.27. The molecule has 0 fully saturated rings. The number of nitrogens with one attached hydrogen (secondary N) is 1. The van der Waals surface area contributed by atoms with Crippen LogP contribution in [-0.2, 0) is 4.79 Å². The van der Waals surface area contributed by atoms with E-state index in [0.717, 1.165) is 11.3 Å². The Morgan fingerprint density at radius 1 is 1.52 bits per heavy atom. The van der Waals surface area contributed by atoms with Crippen molar-refractivity contribution in [2.24, 2.45) is 0 Å². The van der Waals surface area contributed by atoms with Gasteiger partial charge in [-0.25, -0.2) is 0 Å². The number of aryl methyl sites for hydroxylation is 1. The average Bonchev–Trinajstić information content (AvgIpc) is 2.93. The van der Waals surface area contributed by atoms with Crippen LogP contribution >= 0.6 is 11.8 Å². The molecule has 0 bridgehead atoms. The molecule has 6 heteroatoms. The van der Waals surface area contributed by atoms with Gasteiger partial charge in [-0.05, 0) is 25.5 Å². The topological polar surface area (TPSA) is 59.8 Å². The molecule has 0 aliphatic heterocycles. The van der Waals surface area contributed by atoms with Crippen LogP contribution in [0.4, 0.5) is 0 Å². The number of aromatic nitrogens is 3. The molecule has 0 aliphatic carbocycles. The molecular formula is C15H16N4OS. The van der Waals surface area contributed by atoms with Crippen LogP contribution in [0.25, 0.3) is 5.69 Å². The predicted octanol–water partition coefficient (Wildman–Crippen LogP) is 1.81. The Kier molecular flexibility index (Phi) is 5.01. The molecule has 2 aromatic rings. The van der Waals surface area contributed by atoms with E-state index in [1.54, 1.807) is 6.33 Å². The molecule has 0 saturated carbocycles. The molecule has 0 spiro atoms. The maximum atomic E-state index is 11.9. The van der Waals surface area contributed by atoms with Crippen molar-refractivity contribution in [1.82, 2.24) is 20.1 Å². The van der Waals surface area contributed by atoms with Gasteiger partial charge in [-0.2, -0.15) is 0 Å². The largest absolute Gasteiger partial charge is 0.344 e. The Bertz CT molecular complexity index is 674. The lowest BCUT2D eigenvalue weighted by molar-refractivity contribution is -0.120. The van der Waals surface area contributed by atoms with Gasteiger partial charge in [0.2, 0.25) is 5.91 Å². The fourth-order valence-electron chi connectivity index (χ4n) is 1.80. The number of terminal acetylenes is 1. The van der Waals surface area contributed by atoms with Gasteiger partial charge in [0.1, 0.15) is 6.33 Å². The number of carbonyl (C=O) groups is 1. The first-order valence-electron chi connectivity index (χ1n) is 6.47. The monoisotopic (exact) mass is 300 g/mol. The van der Waals surface area contributed by atoms with Crippen molar-refractivity contribution in [2.75, 3.05) is 6.54 Å². The van der Waals surface area contributed by atoms with Gasteiger partial charge in [0.25, 0.3) is 0 Å². The van der Waals surface area contributed by atoms with Crippen LogP contribution in [0.3, 0.4) is 0 Å². The Hall–Kier alpha value is -2.26. The smallest absolute Gasteiger partial charge is 0.234 e. The molecule has 5 nitrogen and oxygen atoms in total. The second-order valence-corrected chi connectivity index (χ2v) is 5.76. The zero-order valence-electron chi connectivity index (χ0n) is 11.9. The van der Waals surface area contributed by atoms with Crippen LogP contribution in [0, 0.1) is 19.3 Å². The van der Waals surface area contributed by atoms with Crippen LogP contribution in [0.1, 0.15) is 12.5 Å². The lowest BCUT2D eigenvalue weighted by atomic mass is 10.2. The standard InChI is InChI=1S/C15H16N4OS/c1-4-9-16-14(20)12(3)21-15-18-17-10-19(15)13-8-6-5-7-11(13)2/h1,5-8,10,12H,9H2,2-3H3,(H,16,20). The van der Waals surface area contributed by atoms with E-state index in [4.69, 9.17) is 6.42 Å². The number of carbonyl (C=O) groups excluding carboxylic acids is 1. The van der Waals surface area contributed by atoms with Crippen molar-refractivity contribution in [3.63, 3.8) is 0 Å². The predicted molar refractivity (Wildman–Crippen MR) is 83.3 cm³/mol. The van der Waals surface area contributed by atoms with Crippen LogP contribution in [0.2, 0.25) is 0 Å². The van der Waals surface area contributed by atoms with Crippen molar-refractivity contribution in [1.29, 1.82) is 0 Å². The molecular weight excluding hydrogens is 284 g/mol. The quantitative estimate of drug-likeness (QED) is 0.676. The minimum atomic E-state index is -0.301. The van der Waals surface area contributed by atoms with E-state index in [1.165, 1.54) is 11.8 Å². The summed E-state index contributed by atoms with van der Waals surface area (Å²) in [4.78, 5) is 11.9. The van der Waals surface area contributed by atoms with E-state index in [2.05, 4.69) is 21.4 Å². The number of para-hydroxylation sites is 1. The van der Waals surface area contributed by atoms with Gasteiger partial charge in [0.05, 0.1) is 17.5 Å². The summed E-state index contributed by atoms with van der Waals surface area (Å²) in [6, 6.07) is 7.95. The summed E-state index contributed by atoms with van der Waals surface area (Å²) in [5.41, 5.74) is 2.12. The van der Waals surface area contributed by atoms with Crippen molar-refractivity contribution in [3.8, 4) is 18.0 Å². The molecule has 108 valence electrons.